The van der Waals surface area contributed by atoms with Crippen molar-refractivity contribution >= 4 is 16.2 Å². The van der Waals surface area contributed by atoms with Crippen molar-refractivity contribution in [2.24, 2.45) is 10.1 Å². The maximum atomic E-state index is 11.0. The summed E-state index contributed by atoms with van der Waals surface area (Å²) in [6.07, 6.45) is 1.10. The molecule has 0 spiro atoms. The van der Waals surface area contributed by atoms with E-state index < -0.39 is 16.1 Å². The highest BCUT2D eigenvalue weighted by molar-refractivity contribution is 7.94. The molecule has 0 radical (unpaired) electrons. The molecule has 1 heterocycles. The van der Waals surface area contributed by atoms with Crippen LogP contribution in [0, 0.1) is 0 Å². The quantitative estimate of drug-likeness (QED) is 0.660. The number of nitrogens with zero attached hydrogens (tertiary/aromatic N) is 1. The molecule has 0 aliphatic carbocycles. The topological polar surface area (TPSA) is 102 Å². The second-order valence-electron chi connectivity index (χ2n) is 3.18. The van der Waals surface area contributed by atoms with Crippen LogP contribution in [0.25, 0.3) is 0 Å². The number of aliphatic hydroxyl groups excluding tert-OH is 1. The van der Waals surface area contributed by atoms with Gasteiger partial charge in [0.2, 0.25) is 10.0 Å². The monoisotopic (exact) mass is 234 g/mol. The van der Waals surface area contributed by atoms with Crippen LogP contribution in [0.4, 0.5) is 0 Å². The normalized spacial score (nSPS) is 18.3. The van der Waals surface area contributed by atoms with Gasteiger partial charge in [-0.2, -0.15) is 0 Å². The van der Waals surface area contributed by atoms with E-state index in [2.05, 4.69) is 4.99 Å². The van der Waals surface area contributed by atoms with Crippen LogP contribution in [0.2, 0.25) is 0 Å². The van der Waals surface area contributed by atoms with E-state index in [0.29, 0.717) is 6.42 Å². The Morgan fingerprint density at radius 3 is 2.93 bits per heavy atom. The fourth-order valence-corrected chi connectivity index (χ4v) is 1.69. The Bertz CT molecular complexity index is 385. The molecule has 7 heteroatoms. The molecule has 0 saturated carbocycles. The largest absolute Gasteiger partial charge is 0.492 e. The number of nitrogens with two attached hydrogens (primary N) is 1. The molecule has 3 N–H and O–H groups in total. The number of hydrogen-bond acceptors (Lipinski definition) is 5. The van der Waals surface area contributed by atoms with Crippen LogP contribution in [0.15, 0.2) is 15.7 Å². The summed E-state index contributed by atoms with van der Waals surface area (Å²) >= 11 is 0. The standard InChI is InChI=1S/C8H14N2O4S/c1-2-6(11)5-14-7-3-10-4-8(7)15(9,12)13/h4,6,11H,2-3,5H2,1H3,(H2,9,12,13). The Morgan fingerprint density at radius 1 is 1.73 bits per heavy atom. The van der Waals surface area contributed by atoms with E-state index in [1.54, 1.807) is 6.92 Å². The minimum Gasteiger partial charge on any atom is -0.492 e. The van der Waals surface area contributed by atoms with E-state index in [1.165, 1.54) is 6.21 Å². The first-order chi connectivity index (χ1) is 6.95. The van der Waals surface area contributed by atoms with Gasteiger partial charge in [-0.05, 0) is 6.42 Å². The zero-order chi connectivity index (χ0) is 11.5. The van der Waals surface area contributed by atoms with Crippen molar-refractivity contribution in [2.45, 2.75) is 19.4 Å². The van der Waals surface area contributed by atoms with Crippen LogP contribution in [0.3, 0.4) is 0 Å². The summed E-state index contributed by atoms with van der Waals surface area (Å²) in [5.74, 6) is 0.199. The first-order valence-electron chi connectivity index (χ1n) is 4.51. The summed E-state index contributed by atoms with van der Waals surface area (Å²) in [4.78, 5) is 3.65. The van der Waals surface area contributed by atoms with Gasteiger partial charge in [-0.3, -0.25) is 4.99 Å². The van der Waals surface area contributed by atoms with E-state index in [-0.39, 0.29) is 23.8 Å². The van der Waals surface area contributed by atoms with Crippen LogP contribution in [-0.2, 0) is 14.8 Å². The number of primary sulfonamides is 1. The molecule has 15 heavy (non-hydrogen) atoms. The summed E-state index contributed by atoms with van der Waals surface area (Å²) in [7, 11) is -3.78. The molecular weight excluding hydrogens is 220 g/mol. The van der Waals surface area contributed by atoms with Crippen LogP contribution in [0.5, 0.6) is 0 Å². The van der Waals surface area contributed by atoms with Gasteiger partial charge in [0.1, 0.15) is 17.3 Å². The molecule has 1 atom stereocenters. The maximum Gasteiger partial charge on any atom is 0.242 e. The minimum atomic E-state index is -3.78. The van der Waals surface area contributed by atoms with Crippen LogP contribution < -0.4 is 5.14 Å². The number of hydrogen-bond donors (Lipinski definition) is 2. The summed E-state index contributed by atoms with van der Waals surface area (Å²) in [6, 6.07) is 0. The van der Waals surface area contributed by atoms with Crippen LogP contribution in [-0.4, -0.2) is 39.0 Å². The van der Waals surface area contributed by atoms with Gasteiger partial charge in [0.25, 0.3) is 0 Å². The highest BCUT2D eigenvalue weighted by atomic mass is 32.2. The molecule has 1 rings (SSSR count). The average Bonchev–Trinajstić information content (AvgIpc) is 2.61. The molecule has 1 aliphatic rings. The number of sulfonamides is 1. The SMILES string of the molecule is CCC(O)COC1=C(S(N)(=O)=O)C=NC1. The van der Waals surface area contributed by atoms with Crippen molar-refractivity contribution in [3.05, 3.63) is 10.7 Å². The molecule has 0 aromatic rings. The lowest BCUT2D eigenvalue weighted by molar-refractivity contribution is 0.0688. The molecular formula is C8H14N2O4S. The Labute approximate surface area is 88.5 Å². The smallest absolute Gasteiger partial charge is 0.242 e. The van der Waals surface area contributed by atoms with Crippen molar-refractivity contribution in [2.75, 3.05) is 13.2 Å². The van der Waals surface area contributed by atoms with Crippen molar-refractivity contribution in [1.29, 1.82) is 0 Å². The fraction of sp³-hybridized carbons (Fsp3) is 0.625. The number of aliphatic imine (C=N–C) groups is 1. The first kappa shape index (κ1) is 12.2. The minimum absolute atomic E-state index is 0.0498. The predicted octanol–water partition coefficient (Wildman–Crippen LogP) is -0.642. The summed E-state index contributed by atoms with van der Waals surface area (Å²) < 4.78 is 27.2. The lowest BCUT2D eigenvalue weighted by atomic mass is 10.3. The van der Waals surface area contributed by atoms with Gasteiger partial charge in [0.15, 0.2) is 0 Å². The van der Waals surface area contributed by atoms with Crippen LogP contribution >= 0.6 is 0 Å². The Balaban J connectivity index is 2.70. The molecule has 0 saturated heterocycles. The Kier molecular flexibility index (Phi) is 3.83. The van der Waals surface area contributed by atoms with Gasteiger partial charge in [-0.25, -0.2) is 13.6 Å². The first-order valence-corrected chi connectivity index (χ1v) is 6.06. The third-order valence-corrected chi connectivity index (χ3v) is 2.89. The highest BCUT2D eigenvalue weighted by Gasteiger charge is 2.22. The lowest BCUT2D eigenvalue weighted by Crippen LogP contribution is -2.19. The molecule has 0 bridgehead atoms. The van der Waals surface area contributed by atoms with E-state index in [4.69, 9.17) is 9.88 Å². The van der Waals surface area contributed by atoms with Gasteiger partial charge in [0.05, 0.1) is 12.6 Å². The molecule has 0 amide bonds. The van der Waals surface area contributed by atoms with Crippen molar-refractivity contribution in [3.8, 4) is 0 Å². The van der Waals surface area contributed by atoms with Gasteiger partial charge < -0.3 is 9.84 Å². The second-order valence-corrected chi connectivity index (χ2v) is 4.71. The lowest BCUT2D eigenvalue weighted by Gasteiger charge is -2.11. The van der Waals surface area contributed by atoms with E-state index in [9.17, 15) is 13.5 Å². The summed E-state index contributed by atoms with van der Waals surface area (Å²) in [6.45, 7) is 2.00. The van der Waals surface area contributed by atoms with Gasteiger partial charge >= 0.3 is 0 Å². The molecule has 0 aromatic carbocycles. The molecule has 0 aromatic heterocycles. The maximum absolute atomic E-state index is 11.0. The van der Waals surface area contributed by atoms with Crippen LogP contribution in [0.1, 0.15) is 13.3 Å². The van der Waals surface area contributed by atoms with E-state index in [1.807, 2.05) is 0 Å². The van der Waals surface area contributed by atoms with Crippen molar-refractivity contribution in [1.82, 2.24) is 0 Å². The molecule has 86 valence electrons. The zero-order valence-corrected chi connectivity index (χ0v) is 9.20. The molecule has 6 nitrogen and oxygen atoms in total. The predicted molar refractivity (Wildman–Crippen MR) is 55.7 cm³/mol. The van der Waals surface area contributed by atoms with Crippen molar-refractivity contribution < 1.29 is 18.3 Å². The summed E-state index contributed by atoms with van der Waals surface area (Å²) in [5.41, 5.74) is 0. The number of aliphatic hydroxyl groups is 1. The van der Waals surface area contributed by atoms with Crippen molar-refractivity contribution in [3.63, 3.8) is 0 Å². The Morgan fingerprint density at radius 2 is 2.40 bits per heavy atom. The fourth-order valence-electron chi connectivity index (χ4n) is 1.02. The number of ether oxygens (including phenoxy) is 1. The highest BCUT2D eigenvalue weighted by Crippen LogP contribution is 2.15. The Hall–Kier alpha value is -0.920. The average molecular weight is 234 g/mol. The number of allylic oxidation sites excluding steroid dienone is 1. The third-order valence-electron chi connectivity index (χ3n) is 1.95. The third kappa shape index (κ3) is 3.29. The van der Waals surface area contributed by atoms with Gasteiger partial charge in [-0.15, -0.1) is 0 Å². The molecule has 0 fully saturated rings. The molecule has 1 unspecified atom stereocenters. The van der Waals surface area contributed by atoms with E-state index >= 15 is 0 Å². The second kappa shape index (κ2) is 4.73. The molecule has 1 aliphatic heterocycles. The summed E-state index contributed by atoms with van der Waals surface area (Å²) in [5, 5.41) is 14.2. The zero-order valence-electron chi connectivity index (χ0n) is 8.38. The van der Waals surface area contributed by atoms with Gasteiger partial charge in [-0.1, -0.05) is 6.92 Å². The van der Waals surface area contributed by atoms with E-state index in [0.717, 1.165) is 0 Å². The van der Waals surface area contributed by atoms with Gasteiger partial charge in [0, 0.05) is 6.21 Å². The number of rotatable bonds is 5.